The van der Waals surface area contributed by atoms with E-state index in [0.29, 0.717) is 40.8 Å². The number of rotatable bonds is 4. The van der Waals surface area contributed by atoms with Crippen molar-refractivity contribution in [1.82, 2.24) is 20.0 Å². The molecule has 2 aliphatic heterocycles. The van der Waals surface area contributed by atoms with Gasteiger partial charge < -0.3 is 5.32 Å². The lowest BCUT2D eigenvalue weighted by Crippen LogP contribution is -2.53. The second-order valence-corrected chi connectivity index (χ2v) is 10.1. The number of hydrogen-bond acceptors (Lipinski definition) is 5. The van der Waals surface area contributed by atoms with E-state index in [1.165, 1.54) is 17.0 Å². The summed E-state index contributed by atoms with van der Waals surface area (Å²) < 4.78 is 95.2. The van der Waals surface area contributed by atoms with Crippen molar-refractivity contribution in [1.29, 1.82) is 0 Å². The van der Waals surface area contributed by atoms with Gasteiger partial charge >= 0.3 is 12.4 Å². The van der Waals surface area contributed by atoms with Crippen LogP contribution in [0.2, 0.25) is 0 Å². The fourth-order valence-electron chi connectivity index (χ4n) is 4.62. The van der Waals surface area contributed by atoms with Crippen molar-refractivity contribution < 1.29 is 40.3 Å². The molecule has 2 aromatic carbocycles. The Kier molecular flexibility index (Phi) is 6.95. The molecule has 0 saturated carbocycles. The average Bonchev–Trinajstić information content (AvgIpc) is 3.37. The number of fused-ring (bicyclic) bond motifs is 1. The minimum Gasteiger partial charge on any atom is -0.314 e. The van der Waals surface area contributed by atoms with Gasteiger partial charge in [-0.25, -0.2) is 4.39 Å². The lowest BCUT2D eigenvalue weighted by Gasteiger charge is -2.32. The largest absolute Gasteiger partial charge is 0.416 e. The minimum absolute atomic E-state index is 0.0840. The van der Waals surface area contributed by atoms with E-state index in [4.69, 9.17) is 0 Å². The third-order valence-corrected chi connectivity index (χ3v) is 7.43. The van der Waals surface area contributed by atoms with Crippen molar-refractivity contribution in [3.05, 3.63) is 69.8 Å². The molecule has 3 heterocycles. The zero-order chi connectivity index (χ0) is 28.1. The Bertz CT molecular complexity index is 1480. The molecule has 6 nitrogen and oxygen atoms in total. The molecule has 1 aromatic heterocycles. The van der Waals surface area contributed by atoms with Crippen molar-refractivity contribution in [2.45, 2.75) is 37.5 Å². The lowest BCUT2D eigenvalue weighted by atomic mass is 10.0. The van der Waals surface area contributed by atoms with E-state index in [2.05, 4.69) is 10.4 Å². The summed E-state index contributed by atoms with van der Waals surface area (Å²) in [6, 6.07) is 5.27. The number of imide groups is 1. The number of benzene rings is 2. The summed E-state index contributed by atoms with van der Waals surface area (Å²) >= 11 is 0.688. The van der Waals surface area contributed by atoms with E-state index in [1.54, 1.807) is 18.2 Å². The van der Waals surface area contributed by atoms with Crippen LogP contribution in [0.3, 0.4) is 0 Å². The molecule has 3 aromatic rings. The second-order valence-electron chi connectivity index (χ2n) is 9.12. The first kappa shape index (κ1) is 27.2. The predicted octanol–water partition coefficient (Wildman–Crippen LogP) is 5.86. The molecule has 0 bridgehead atoms. The van der Waals surface area contributed by atoms with Gasteiger partial charge in [-0.05, 0) is 66.2 Å². The molecule has 0 unspecified atom stereocenters. The molecule has 2 fully saturated rings. The van der Waals surface area contributed by atoms with E-state index >= 15 is 0 Å². The minimum atomic E-state index is -5.01. The lowest BCUT2D eigenvalue weighted by molar-refractivity contribution is -0.143. The highest BCUT2D eigenvalue weighted by Crippen LogP contribution is 2.38. The van der Waals surface area contributed by atoms with Gasteiger partial charge in [0.15, 0.2) is 0 Å². The number of amides is 2. The Hall–Kier alpha value is -3.39. The third kappa shape index (κ3) is 5.39. The molecule has 2 aliphatic rings. The summed E-state index contributed by atoms with van der Waals surface area (Å²) in [4.78, 5) is 26.4. The molecule has 39 heavy (non-hydrogen) atoms. The highest BCUT2D eigenvalue weighted by Gasteiger charge is 2.44. The number of alkyl halides is 7. The molecule has 5 rings (SSSR count). The summed E-state index contributed by atoms with van der Waals surface area (Å²) in [7, 11) is 0. The Labute approximate surface area is 220 Å². The first-order valence-electron chi connectivity index (χ1n) is 11.7. The molecule has 2 amide bonds. The highest BCUT2D eigenvalue weighted by molar-refractivity contribution is 8.18. The van der Waals surface area contributed by atoms with Crippen LogP contribution in [0.15, 0.2) is 47.5 Å². The van der Waals surface area contributed by atoms with Crippen LogP contribution in [0.4, 0.5) is 35.5 Å². The maximum Gasteiger partial charge on any atom is 0.416 e. The van der Waals surface area contributed by atoms with Crippen molar-refractivity contribution in [2.75, 3.05) is 13.1 Å². The van der Waals surface area contributed by atoms with Crippen LogP contribution in [0, 0.1) is 0 Å². The van der Waals surface area contributed by atoms with Crippen LogP contribution in [0.1, 0.15) is 28.7 Å². The van der Waals surface area contributed by atoms with Gasteiger partial charge in [0, 0.05) is 11.9 Å². The number of nitrogens with one attached hydrogen (secondary N) is 1. The number of thioether (sulfide) groups is 1. The molecule has 0 spiro atoms. The van der Waals surface area contributed by atoms with Gasteiger partial charge in [-0.1, -0.05) is 12.1 Å². The Balaban J connectivity index is 1.40. The van der Waals surface area contributed by atoms with Crippen LogP contribution >= 0.6 is 11.8 Å². The SMILES string of the molecule is O=C1SC(=Cc2ccc3c(cnn3Cc3ccc(C(F)(F)F)cc3C(F)(F)F)c2)C(=O)N1[C@@H]1CNCC[C@@H]1F. The zero-order valence-corrected chi connectivity index (χ0v) is 20.6. The van der Waals surface area contributed by atoms with Crippen LogP contribution in [0.5, 0.6) is 0 Å². The molecule has 2 saturated heterocycles. The van der Waals surface area contributed by atoms with Gasteiger partial charge in [0.1, 0.15) is 6.17 Å². The molecule has 0 aliphatic carbocycles. The fourth-order valence-corrected chi connectivity index (χ4v) is 5.50. The molecular formula is C25H19F7N4O2S. The molecule has 0 radical (unpaired) electrons. The number of halogens is 7. The third-order valence-electron chi connectivity index (χ3n) is 6.55. The molecular weight excluding hydrogens is 553 g/mol. The van der Waals surface area contributed by atoms with Crippen molar-refractivity contribution in [3.63, 3.8) is 0 Å². The monoisotopic (exact) mass is 572 g/mol. The number of carbonyl (C=O) groups excluding carboxylic acids is 2. The van der Waals surface area contributed by atoms with Gasteiger partial charge in [-0.15, -0.1) is 0 Å². The number of piperidine rings is 1. The topological polar surface area (TPSA) is 67.2 Å². The standard InChI is InChI=1S/C25H19F7N4O2S/c26-18-5-6-33-11-20(18)36-22(37)21(39-23(36)38)8-13-1-4-19-15(7-13)10-34-35(19)12-14-2-3-16(24(27,28)29)9-17(14)25(30,31)32/h1-4,7-10,18,20,33H,5-6,11-12H2/t18-,20+/m0/s1. The van der Waals surface area contributed by atoms with Crippen molar-refractivity contribution in [2.24, 2.45) is 0 Å². The summed E-state index contributed by atoms with van der Waals surface area (Å²) in [6.45, 7) is 0.176. The summed E-state index contributed by atoms with van der Waals surface area (Å²) in [5.41, 5.74) is -2.29. The van der Waals surface area contributed by atoms with E-state index in [9.17, 15) is 40.3 Å². The first-order valence-corrected chi connectivity index (χ1v) is 12.5. The molecule has 206 valence electrons. The Morgan fingerprint density at radius 3 is 2.51 bits per heavy atom. The van der Waals surface area contributed by atoms with Gasteiger partial charge in [0.05, 0.1) is 40.3 Å². The highest BCUT2D eigenvalue weighted by atomic mass is 32.2. The Morgan fingerprint density at radius 2 is 1.82 bits per heavy atom. The van der Waals surface area contributed by atoms with Crippen molar-refractivity contribution in [3.8, 4) is 0 Å². The van der Waals surface area contributed by atoms with Gasteiger partial charge in [-0.3, -0.25) is 19.2 Å². The summed E-state index contributed by atoms with van der Waals surface area (Å²) in [5.74, 6) is -0.612. The number of aromatic nitrogens is 2. The molecule has 2 atom stereocenters. The van der Waals surface area contributed by atoms with E-state index in [0.717, 1.165) is 11.0 Å². The summed E-state index contributed by atoms with van der Waals surface area (Å²) in [6.07, 6.45) is -8.25. The van der Waals surface area contributed by atoms with E-state index < -0.39 is 53.4 Å². The van der Waals surface area contributed by atoms with E-state index in [1.807, 2.05) is 0 Å². The van der Waals surface area contributed by atoms with Crippen LogP contribution in [-0.4, -0.2) is 51.1 Å². The van der Waals surface area contributed by atoms with Crippen LogP contribution in [0.25, 0.3) is 17.0 Å². The quantitative estimate of drug-likeness (QED) is 0.314. The normalized spacial score (nSPS) is 21.9. The van der Waals surface area contributed by atoms with Gasteiger partial charge in [0.25, 0.3) is 11.1 Å². The fraction of sp³-hybridized carbons (Fsp3) is 0.320. The number of nitrogens with zero attached hydrogens (tertiary/aromatic N) is 3. The maximum atomic E-state index is 14.4. The smallest absolute Gasteiger partial charge is 0.314 e. The van der Waals surface area contributed by atoms with Gasteiger partial charge in [0.2, 0.25) is 0 Å². The van der Waals surface area contributed by atoms with Crippen LogP contribution < -0.4 is 5.32 Å². The Morgan fingerprint density at radius 1 is 1.05 bits per heavy atom. The van der Waals surface area contributed by atoms with Crippen molar-refractivity contribution >= 4 is 39.9 Å². The van der Waals surface area contributed by atoms with Gasteiger partial charge in [-0.2, -0.15) is 31.4 Å². The van der Waals surface area contributed by atoms with E-state index in [-0.39, 0.29) is 29.5 Å². The average molecular weight is 573 g/mol. The zero-order valence-electron chi connectivity index (χ0n) is 19.8. The number of carbonyl (C=O) groups is 2. The molecule has 1 N–H and O–H groups in total. The summed E-state index contributed by atoms with van der Waals surface area (Å²) in [5, 5.41) is 6.98. The maximum absolute atomic E-state index is 14.4. The second kappa shape index (κ2) is 9.97. The predicted molar refractivity (Wildman–Crippen MR) is 129 cm³/mol. The number of hydrogen-bond donors (Lipinski definition) is 1. The first-order chi connectivity index (χ1) is 18.3. The molecule has 14 heteroatoms. The van der Waals surface area contributed by atoms with Crippen LogP contribution in [-0.2, 0) is 23.7 Å².